The average Bonchev–Trinajstić information content (AvgIpc) is 3.35. The van der Waals surface area contributed by atoms with Crippen LogP contribution < -0.4 is 0 Å². The molecule has 1 N–H and O–H groups in total. The van der Waals surface area contributed by atoms with Gasteiger partial charge < -0.3 is 9.63 Å². The summed E-state index contributed by atoms with van der Waals surface area (Å²) in [5, 5.41) is 13.2. The predicted molar refractivity (Wildman–Crippen MR) is 134 cm³/mol. The number of benzene rings is 1. The number of aliphatic carboxylic acids is 1. The highest BCUT2D eigenvalue weighted by Gasteiger charge is 2.40. The van der Waals surface area contributed by atoms with E-state index in [-0.39, 0.29) is 35.8 Å². The molecule has 0 aliphatic heterocycles. The first-order valence-corrected chi connectivity index (χ1v) is 12.2. The Balaban J connectivity index is 1.55. The summed E-state index contributed by atoms with van der Waals surface area (Å²) in [6.45, 7) is 4.94. The van der Waals surface area contributed by atoms with Crippen LogP contribution in [0.1, 0.15) is 57.4 Å². The van der Waals surface area contributed by atoms with Gasteiger partial charge in [-0.25, -0.2) is 4.39 Å². The fourth-order valence-electron chi connectivity index (χ4n) is 4.43. The molecule has 6 nitrogen and oxygen atoms in total. The molecule has 0 saturated heterocycles. The molecule has 38 heavy (non-hydrogen) atoms. The molecule has 10 heteroatoms. The molecule has 0 saturated carbocycles. The van der Waals surface area contributed by atoms with E-state index in [9.17, 15) is 27.5 Å². The minimum Gasteiger partial charge on any atom is -0.480 e. The number of rotatable bonds is 7. The first-order chi connectivity index (χ1) is 17.8. The van der Waals surface area contributed by atoms with E-state index >= 15 is 0 Å². The van der Waals surface area contributed by atoms with Gasteiger partial charge in [0.2, 0.25) is 11.7 Å². The number of alkyl halides is 3. The van der Waals surface area contributed by atoms with Crippen LogP contribution in [0, 0.1) is 5.82 Å². The summed E-state index contributed by atoms with van der Waals surface area (Å²) < 4.78 is 62.3. The van der Waals surface area contributed by atoms with E-state index in [2.05, 4.69) is 10.1 Å². The maximum atomic E-state index is 14.9. The molecule has 0 spiro atoms. The summed E-state index contributed by atoms with van der Waals surface area (Å²) in [5.41, 5.74) is 0.394. The van der Waals surface area contributed by atoms with Crippen molar-refractivity contribution in [3.63, 3.8) is 0 Å². The zero-order valence-electron chi connectivity index (χ0n) is 21.6. The van der Waals surface area contributed by atoms with Crippen LogP contribution in [0.4, 0.5) is 17.6 Å². The van der Waals surface area contributed by atoms with E-state index in [0.29, 0.717) is 17.6 Å². The summed E-state index contributed by atoms with van der Waals surface area (Å²) in [4.78, 5) is 17.2. The molecule has 2 aliphatic carbocycles. The Bertz CT molecular complexity index is 1370. The maximum Gasteiger partial charge on any atom is 0.413 e. The van der Waals surface area contributed by atoms with Gasteiger partial charge in [0, 0.05) is 23.2 Å². The first-order valence-electron chi connectivity index (χ1n) is 12.2. The van der Waals surface area contributed by atoms with Crippen molar-refractivity contribution in [2.45, 2.75) is 64.2 Å². The van der Waals surface area contributed by atoms with Gasteiger partial charge in [-0.3, -0.25) is 9.69 Å². The Hall–Kier alpha value is -3.53. The molecule has 2 aromatic rings. The number of hydrogen-bond acceptors (Lipinski definition) is 5. The van der Waals surface area contributed by atoms with Crippen LogP contribution in [0.25, 0.3) is 11.4 Å². The van der Waals surface area contributed by atoms with Crippen molar-refractivity contribution < 1.29 is 32.0 Å². The van der Waals surface area contributed by atoms with Crippen LogP contribution >= 0.6 is 0 Å². The highest BCUT2D eigenvalue weighted by molar-refractivity contribution is 5.77. The van der Waals surface area contributed by atoms with Crippen molar-refractivity contribution in [1.82, 2.24) is 15.0 Å². The average molecular weight is 532 g/mol. The third kappa shape index (κ3) is 5.50. The maximum absolute atomic E-state index is 14.9. The predicted octanol–water partition coefficient (Wildman–Crippen LogP) is 6.74. The van der Waals surface area contributed by atoms with E-state index in [4.69, 9.17) is 4.52 Å². The standard InChI is InChI=1S/C28H29F4N3O3/c1-16-7-5-6-8-20(16)21-12-11-18(13-22(21)28(30,31)32)25-33-24(34-38-25)17-9-10-19(23(29)14-17)15-35(4)27(2,3)26(36)37/h6,8-12,14,18H,5,7,13,15H2,1-4H3,(H,36,37). The second-order valence-corrected chi connectivity index (χ2v) is 10.2. The van der Waals surface area contributed by atoms with Crippen molar-refractivity contribution in [2.24, 2.45) is 0 Å². The molecule has 1 aromatic carbocycles. The molecule has 1 aromatic heterocycles. The number of carboxylic acid groups (broad SMARTS) is 1. The Morgan fingerprint density at radius 1 is 1.21 bits per heavy atom. The molecule has 0 radical (unpaired) electrons. The SMILES string of the molecule is CC1=C(C2=C(C(F)(F)F)CC(c3nc(-c4ccc(CN(C)C(C)(C)C(=O)O)c(F)c4)no3)C=C2)C=CCC1. The van der Waals surface area contributed by atoms with Gasteiger partial charge >= 0.3 is 12.1 Å². The van der Waals surface area contributed by atoms with Crippen molar-refractivity contribution >= 4 is 5.97 Å². The molecule has 1 heterocycles. The molecule has 2 aliphatic rings. The minimum absolute atomic E-state index is 0.00867. The van der Waals surface area contributed by atoms with E-state index in [0.717, 1.165) is 12.0 Å². The van der Waals surface area contributed by atoms with Crippen LogP contribution in [0.3, 0.4) is 0 Å². The topological polar surface area (TPSA) is 79.5 Å². The highest BCUT2D eigenvalue weighted by Crippen LogP contribution is 2.43. The van der Waals surface area contributed by atoms with Gasteiger partial charge in [-0.15, -0.1) is 0 Å². The van der Waals surface area contributed by atoms with Crippen molar-refractivity contribution in [3.05, 3.63) is 82.1 Å². The van der Waals surface area contributed by atoms with Crippen LogP contribution in [0.5, 0.6) is 0 Å². The summed E-state index contributed by atoms with van der Waals surface area (Å²) in [6.07, 6.45) is 3.37. The van der Waals surface area contributed by atoms with Crippen LogP contribution in [-0.4, -0.2) is 44.9 Å². The molecule has 1 atom stereocenters. The Morgan fingerprint density at radius 2 is 1.95 bits per heavy atom. The van der Waals surface area contributed by atoms with Gasteiger partial charge in [-0.2, -0.15) is 18.2 Å². The molecule has 4 rings (SSSR count). The Kier molecular flexibility index (Phi) is 7.47. The van der Waals surface area contributed by atoms with Gasteiger partial charge in [0.25, 0.3) is 0 Å². The van der Waals surface area contributed by atoms with Crippen LogP contribution in [-0.2, 0) is 11.3 Å². The third-order valence-corrected chi connectivity index (χ3v) is 7.26. The Labute approximate surface area is 218 Å². The molecular weight excluding hydrogens is 502 g/mol. The number of aromatic nitrogens is 2. The lowest BCUT2D eigenvalue weighted by Crippen LogP contribution is -2.47. The van der Waals surface area contributed by atoms with E-state index < -0.39 is 35.0 Å². The van der Waals surface area contributed by atoms with Gasteiger partial charge in [0.1, 0.15) is 11.4 Å². The van der Waals surface area contributed by atoms with Gasteiger partial charge in [-0.05, 0) is 64.3 Å². The second-order valence-electron chi connectivity index (χ2n) is 10.2. The lowest BCUT2D eigenvalue weighted by Gasteiger charge is -2.31. The third-order valence-electron chi connectivity index (χ3n) is 7.26. The van der Waals surface area contributed by atoms with Crippen molar-refractivity contribution in [2.75, 3.05) is 7.05 Å². The van der Waals surface area contributed by atoms with Crippen LogP contribution in [0.15, 0.2) is 69.3 Å². The lowest BCUT2D eigenvalue weighted by atomic mass is 9.82. The zero-order chi connectivity index (χ0) is 27.8. The van der Waals surface area contributed by atoms with Crippen molar-refractivity contribution in [1.29, 1.82) is 0 Å². The number of likely N-dealkylation sites (N-methyl/N-ethyl adjacent to an activating group) is 1. The molecule has 0 bridgehead atoms. The highest BCUT2D eigenvalue weighted by atomic mass is 19.4. The fourth-order valence-corrected chi connectivity index (χ4v) is 4.43. The second kappa shape index (κ2) is 10.3. The molecule has 1 unspecified atom stereocenters. The molecule has 0 amide bonds. The summed E-state index contributed by atoms with van der Waals surface area (Å²) in [7, 11) is 1.59. The quantitative estimate of drug-likeness (QED) is 0.399. The number of allylic oxidation sites excluding steroid dienone is 8. The fraction of sp³-hybridized carbons (Fsp3) is 0.393. The van der Waals surface area contributed by atoms with E-state index in [1.54, 1.807) is 25.3 Å². The number of nitrogens with zero attached hydrogens (tertiary/aromatic N) is 3. The largest absolute Gasteiger partial charge is 0.480 e. The van der Waals surface area contributed by atoms with Gasteiger partial charge in [0.05, 0.1) is 5.92 Å². The monoisotopic (exact) mass is 531 g/mol. The molecule has 202 valence electrons. The summed E-state index contributed by atoms with van der Waals surface area (Å²) >= 11 is 0. The first kappa shape index (κ1) is 27.5. The lowest BCUT2D eigenvalue weighted by molar-refractivity contribution is -0.148. The Morgan fingerprint density at radius 3 is 2.58 bits per heavy atom. The van der Waals surface area contributed by atoms with Crippen LogP contribution in [0.2, 0.25) is 0 Å². The van der Waals surface area contributed by atoms with Gasteiger partial charge in [-0.1, -0.05) is 47.2 Å². The zero-order valence-corrected chi connectivity index (χ0v) is 21.6. The number of halogens is 4. The van der Waals surface area contributed by atoms with E-state index in [1.165, 1.54) is 37.0 Å². The smallest absolute Gasteiger partial charge is 0.413 e. The molecular formula is C28H29F4N3O3. The van der Waals surface area contributed by atoms with E-state index in [1.807, 2.05) is 13.0 Å². The number of carbonyl (C=O) groups is 1. The molecule has 0 fully saturated rings. The number of carboxylic acids is 1. The summed E-state index contributed by atoms with van der Waals surface area (Å²) in [5.74, 6) is -2.34. The van der Waals surface area contributed by atoms with Gasteiger partial charge in [0.15, 0.2) is 0 Å². The minimum atomic E-state index is -4.53. The van der Waals surface area contributed by atoms with Crippen molar-refractivity contribution in [3.8, 4) is 11.4 Å². The normalized spacial score (nSPS) is 18.6. The summed E-state index contributed by atoms with van der Waals surface area (Å²) in [6, 6.07) is 4.27. The number of hydrogen-bond donors (Lipinski definition) is 1.